The molecule has 0 unspecified atom stereocenters. The van der Waals surface area contributed by atoms with Gasteiger partial charge in [-0.05, 0) is 48.0 Å². The molecule has 102 valence electrons. The Bertz CT molecular complexity index is 792. The summed E-state index contributed by atoms with van der Waals surface area (Å²) in [4.78, 5) is 20.2. The first-order valence-electron chi connectivity index (χ1n) is 6.56. The first-order chi connectivity index (χ1) is 10.3. The van der Waals surface area contributed by atoms with E-state index in [0.29, 0.717) is 0 Å². The van der Waals surface area contributed by atoms with Crippen molar-refractivity contribution in [2.45, 2.75) is 0 Å². The van der Waals surface area contributed by atoms with Crippen LogP contribution in [0, 0.1) is 0 Å². The maximum atomic E-state index is 12.0. The number of hydrogen-bond acceptors (Lipinski definition) is 3. The molecule has 1 amide bonds. The molecule has 0 bridgehead atoms. The van der Waals surface area contributed by atoms with Crippen LogP contribution in [0.1, 0.15) is 5.56 Å². The monoisotopic (exact) mass is 275 g/mol. The number of nitrogens with zero attached hydrogens (tertiary/aromatic N) is 2. The normalized spacial score (nSPS) is 10.9. The third kappa shape index (κ3) is 3.12. The van der Waals surface area contributed by atoms with Crippen molar-refractivity contribution in [3.8, 4) is 0 Å². The van der Waals surface area contributed by atoms with Crippen molar-refractivity contribution in [2.75, 3.05) is 5.32 Å². The molecule has 0 saturated heterocycles. The third-order valence-corrected chi connectivity index (χ3v) is 3.04. The zero-order chi connectivity index (χ0) is 14.5. The summed E-state index contributed by atoms with van der Waals surface area (Å²) < 4.78 is 0. The molecule has 0 spiro atoms. The van der Waals surface area contributed by atoms with Crippen molar-refractivity contribution in [3.63, 3.8) is 0 Å². The van der Waals surface area contributed by atoms with Crippen LogP contribution in [-0.2, 0) is 4.79 Å². The fourth-order valence-corrected chi connectivity index (χ4v) is 2.03. The highest BCUT2D eigenvalue weighted by molar-refractivity contribution is 6.06. The lowest BCUT2D eigenvalue weighted by Crippen LogP contribution is -2.08. The van der Waals surface area contributed by atoms with Gasteiger partial charge in [0.15, 0.2) is 0 Å². The molecule has 0 aliphatic heterocycles. The Morgan fingerprint density at radius 3 is 2.71 bits per heavy atom. The number of amides is 1. The van der Waals surface area contributed by atoms with Crippen LogP contribution in [0.3, 0.4) is 0 Å². The molecular weight excluding hydrogens is 262 g/mol. The van der Waals surface area contributed by atoms with E-state index in [9.17, 15) is 4.79 Å². The highest BCUT2D eigenvalue weighted by Gasteiger charge is 2.03. The summed E-state index contributed by atoms with van der Waals surface area (Å²) in [6.45, 7) is 0. The number of aromatic nitrogens is 2. The minimum Gasteiger partial charge on any atom is -0.322 e. The Kier molecular flexibility index (Phi) is 3.69. The molecule has 3 rings (SSSR count). The summed E-state index contributed by atoms with van der Waals surface area (Å²) in [6.07, 6.45) is 8.37. The number of benzene rings is 1. The quantitative estimate of drug-likeness (QED) is 0.746. The van der Waals surface area contributed by atoms with E-state index >= 15 is 0 Å². The lowest BCUT2D eigenvalue weighted by Gasteiger charge is -2.06. The predicted molar refractivity (Wildman–Crippen MR) is 83.6 cm³/mol. The highest BCUT2D eigenvalue weighted by atomic mass is 16.1. The molecule has 0 fully saturated rings. The van der Waals surface area contributed by atoms with Gasteiger partial charge in [0.25, 0.3) is 0 Å². The van der Waals surface area contributed by atoms with Crippen molar-refractivity contribution in [2.24, 2.45) is 0 Å². The van der Waals surface area contributed by atoms with E-state index in [0.717, 1.165) is 22.2 Å². The maximum Gasteiger partial charge on any atom is 0.248 e. The number of fused-ring (bicyclic) bond motifs is 1. The molecule has 0 aliphatic rings. The first-order valence-corrected chi connectivity index (χ1v) is 6.56. The van der Waals surface area contributed by atoms with Crippen molar-refractivity contribution in [1.82, 2.24) is 9.97 Å². The van der Waals surface area contributed by atoms with Gasteiger partial charge in [-0.1, -0.05) is 6.07 Å². The summed E-state index contributed by atoms with van der Waals surface area (Å²) in [6, 6.07) is 13.1. The fourth-order valence-electron chi connectivity index (χ4n) is 2.03. The second-order valence-corrected chi connectivity index (χ2v) is 4.48. The molecule has 2 aromatic heterocycles. The minimum atomic E-state index is -0.178. The summed E-state index contributed by atoms with van der Waals surface area (Å²) in [5, 5.41) is 3.80. The number of carbonyl (C=O) groups is 1. The van der Waals surface area contributed by atoms with Gasteiger partial charge in [0, 0.05) is 30.1 Å². The number of carbonyl (C=O) groups excluding carboxylic acids is 1. The van der Waals surface area contributed by atoms with Crippen LogP contribution in [0.4, 0.5) is 5.69 Å². The number of hydrogen-bond donors (Lipinski definition) is 1. The molecule has 21 heavy (non-hydrogen) atoms. The van der Waals surface area contributed by atoms with Crippen LogP contribution in [0.15, 0.2) is 67.1 Å². The average Bonchev–Trinajstić information content (AvgIpc) is 2.54. The summed E-state index contributed by atoms with van der Waals surface area (Å²) in [5.41, 5.74) is 2.54. The summed E-state index contributed by atoms with van der Waals surface area (Å²) >= 11 is 0. The molecule has 3 aromatic rings. The van der Waals surface area contributed by atoms with E-state index in [1.54, 1.807) is 24.7 Å². The molecule has 2 heterocycles. The van der Waals surface area contributed by atoms with E-state index in [1.807, 2.05) is 42.5 Å². The zero-order valence-corrected chi connectivity index (χ0v) is 11.2. The maximum absolute atomic E-state index is 12.0. The van der Waals surface area contributed by atoms with E-state index in [1.165, 1.54) is 6.08 Å². The predicted octanol–water partition coefficient (Wildman–Crippen LogP) is 3.28. The van der Waals surface area contributed by atoms with Gasteiger partial charge < -0.3 is 5.32 Å². The van der Waals surface area contributed by atoms with Crippen LogP contribution >= 0.6 is 0 Å². The Hall–Kier alpha value is -3.01. The van der Waals surface area contributed by atoms with Gasteiger partial charge in [-0.25, -0.2) is 0 Å². The smallest absolute Gasteiger partial charge is 0.248 e. The van der Waals surface area contributed by atoms with Gasteiger partial charge in [0.1, 0.15) is 0 Å². The average molecular weight is 275 g/mol. The van der Waals surface area contributed by atoms with Crippen molar-refractivity contribution in [1.29, 1.82) is 0 Å². The second kappa shape index (κ2) is 5.96. The molecule has 0 aliphatic carbocycles. The molecule has 0 atom stereocenters. The van der Waals surface area contributed by atoms with Gasteiger partial charge in [0.05, 0.1) is 11.2 Å². The Morgan fingerprint density at radius 2 is 1.86 bits per heavy atom. The van der Waals surface area contributed by atoms with Gasteiger partial charge >= 0.3 is 0 Å². The van der Waals surface area contributed by atoms with Crippen LogP contribution < -0.4 is 5.32 Å². The van der Waals surface area contributed by atoms with Crippen molar-refractivity contribution in [3.05, 3.63) is 72.7 Å². The van der Waals surface area contributed by atoms with Crippen LogP contribution in [-0.4, -0.2) is 15.9 Å². The van der Waals surface area contributed by atoms with E-state index in [-0.39, 0.29) is 5.91 Å². The highest BCUT2D eigenvalue weighted by Crippen LogP contribution is 2.21. The van der Waals surface area contributed by atoms with Gasteiger partial charge in [0.2, 0.25) is 5.91 Å². The molecule has 4 heteroatoms. The second-order valence-electron chi connectivity index (χ2n) is 4.48. The molecule has 1 aromatic carbocycles. The third-order valence-electron chi connectivity index (χ3n) is 3.04. The van der Waals surface area contributed by atoms with Gasteiger partial charge in [-0.2, -0.15) is 0 Å². The largest absolute Gasteiger partial charge is 0.322 e. The lowest BCUT2D eigenvalue weighted by atomic mass is 10.2. The van der Waals surface area contributed by atoms with Crippen molar-refractivity contribution < 1.29 is 4.79 Å². The Morgan fingerprint density at radius 1 is 1.00 bits per heavy atom. The van der Waals surface area contributed by atoms with Gasteiger partial charge in [-0.3, -0.25) is 14.8 Å². The van der Waals surface area contributed by atoms with Gasteiger partial charge in [-0.15, -0.1) is 0 Å². The fraction of sp³-hybridized carbons (Fsp3) is 0. The zero-order valence-electron chi connectivity index (χ0n) is 11.2. The topological polar surface area (TPSA) is 54.9 Å². The minimum absolute atomic E-state index is 0.178. The van der Waals surface area contributed by atoms with E-state index < -0.39 is 0 Å². The van der Waals surface area contributed by atoms with Crippen LogP contribution in [0.2, 0.25) is 0 Å². The molecule has 1 N–H and O–H groups in total. The Labute approximate surface area is 122 Å². The summed E-state index contributed by atoms with van der Waals surface area (Å²) in [5.74, 6) is -0.178. The molecule has 0 saturated carbocycles. The van der Waals surface area contributed by atoms with Crippen molar-refractivity contribution >= 4 is 28.6 Å². The SMILES string of the molecule is O=C(/C=C/c1ccncc1)Nc1cccc2ncccc12. The van der Waals surface area contributed by atoms with Crippen LogP contribution in [0.5, 0.6) is 0 Å². The Balaban J connectivity index is 1.79. The van der Waals surface area contributed by atoms with E-state index in [4.69, 9.17) is 0 Å². The number of rotatable bonds is 3. The lowest BCUT2D eigenvalue weighted by molar-refractivity contribution is -0.111. The molecule has 0 radical (unpaired) electrons. The first kappa shape index (κ1) is 13.0. The number of pyridine rings is 2. The number of anilines is 1. The molecule has 4 nitrogen and oxygen atoms in total. The van der Waals surface area contributed by atoms with E-state index in [2.05, 4.69) is 15.3 Å². The number of nitrogens with one attached hydrogen (secondary N) is 1. The van der Waals surface area contributed by atoms with Crippen LogP contribution in [0.25, 0.3) is 17.0 Å². The standard InChI is InChI=1S/C17H13N3O/c21-17(7-6-13-8-11-18-12-9-13)20-16-5-1-4-15-14(16)3-2-10-19-15/h1-12H,(H,20,21)/b7-6+. The molecular formula is C17H13N3O. The summed E-state index contributed by atoms with van der Waals surface area (Å²) in [7, 11) is 0.